The van der Waals surface area contributed by atoms with Crippen molar-refractivity contribution < 1.29 is 17.9 Å². The van der Waals surface area contributed by atoms with Crippen LogP contribution in [0.25, 0.3) is 0 Å². The third-order valence-electron chi connectivity index (χ3n) is 2.32. The summed E-state index contributed by atoms with van der Waals surface area (Å²) >= 11 is 0. The molecule has 6 heteroatoms. The zero-order valence-electron chi connectivity index (χ0n) is 9.13. The molecule has 0 atom stereocenters. The van der Waals surface area contributed by atoms with Gasteiger partial charge in [0.1, 0.15) is 13.2 Å². The maximum absolute atomic E-state index is 11.9. The van der Waals surface area contributed by atoms with Crippen LogP contribution in [0.3, 0.4) is 0 Å². The van der Waals surface area contributed by atoms with E-state index in [-0.39, 0.29) is 4.90 Å². The molecule has 1 aromatic heterocycles. The fraction of sp³-hybridized carbons (Fsp3) is 0.500. The molecule has 16 heavy (non-hydrogen) atoms. The number of hydrogen-bond acceptors (Lipinski definition) is 5. The van der Waals surface area contributed by atoms with Crippen molar-refractivity contribution in [3.8, 4) is 11.6 Å². The summed E-state index contributed by atoms with van der Waals surface area (Å²) in [6.07, 6.45) is 1.31. The Morgan fingerprint density at radius 3 is 2.69 bits per heavy atom. The monoisotopic (exact) mass is 243 g/mol. The molecule has 0 bridgehead atoms. The fourth-order valence-electron chi connectivity index (χ4n) is 1.34. The number of aromatic nitrogens is 1. The first-order chi connectivity index (χ1) is 7.51. The third kappa shape index (κ3) is 1.84. The topological polar surface area (TPSA) is 65.5 Å². The van der Waals surface area contributed by atoms with E-state index >= 15 is 0 Å². The molecule has 0 aliphatic carbocycles. The molecule has 2 heterocycles. The lowest BCUT2D eigenvalue weighted by molar-refractivity contribution is 0.163. The van der Waals surface area contributed by atoms with E-state index < -0.39 is 15.1 Å². The minimum absolute atomic E-state index is 0.173. The lowest BCUT2D eigenvalue weighted by Gasteiger charge is -2.18. The summed E-state index contributed by atoms with van der Waals surface area (Å²) in [6.45, 7) is 4.12. The lowest BCUT2D eigenvalue weighted by Crippen LogP contribution is -2.18. The second kappa shape index (κ2) is 3.93. The Kier molecular flexibility index (Phi) is 2.75. The van der Waals surface area contributed by atoms with E-state index in [1.165, 1.54) is 12.3 Å². The van der Waals surface area contributed by atoms with Gasteiger partial charge >= 0.3 is 0 Å². The van der Waals surface area contributed by atoms with Gasteiger partial charge in [0.25, 0.3) is 5.88 Å². The highest BCUT2D eigenvalue weighted by molar-refractivity contribution is 7.92. The first kappa shape index (κ1) is 11.2. The van der Waals surface area contributed by atoms with Gasteiger partial charge in [-0.2, -0.15) is 0 Å². The van der Waals surface area contributed by atoms with Gasteiger partial charge in [-0.25, -0.2) is 13.4 Å². The average Bonchev–Trinajstić information content (AvgIpc) is 2.28. The molecule has 0 radical (unpaired) electrons. The molecule has 0 saturated heterocycles. The maximum Gasteiger partial charge on any atom is 0.257 e. The van der Waals surface area contributed by atoms with Crippen LogP contribution < -0.4 is 9.47 Å². The Hall–Kier alpha value is -1.30. The zero-order valence-corrected chi connectivity index (χ0v) is 9.95. The molecule has 0 N–H and O–H groups in total. The quantitative estimate of drug-likeness (QED) is 0.776. The van der Waals surface area contributed by atoms with Crippen molar-refractivity contribution in [2.75, 3.05) is 13.2 Å². The Balaban J connectivity index is 2.45. The number of pyridine rings is 1. The van der Waals surface area contributed by atoms with Gasteiger partial charge in [-0.15, -0.1) is 0 Å². The molecule has 0 amide bonds. The summed E-state index contributed by atoms with van der Waals surface area (Å²) in [5, 5.41) is -0.475. The van der Waals surface area contributed by atoms with Crippen LogP contribution in [0.4, 0.5) is 0 Å². The van der Waals surface area contributed by atoms with Gasteiger partial charge < -0.3 is 9.47 Å². The first-order valence-corrected chi connectivity index (χ1v) is 6.56. The van der Waals surface area contributed by atoms with E-state index in [1.807, 2.05) is 0 Å². The Bertz CT molecular complexity index is 496. The van der Waals surface area contributed by atoms with E-state index in [1.54, 1.807) is 13.8 Å². The van der Waals surface area contributed by atoms with Gasteiger partial charge in [0.05, 0.1) is 10.1 Å². The Labute approximate surface area is 94.3 Å². The highest BCUT2D eigenvalue weighted by Gasteiger charge is 2.23. The number of sulfone groups is 1. The molecule has 5 nitrogen and oxygen atoms in total. The summed E-state index contributed by atoms with van der Waals surface area (Å²) in [5.74, 6) is 0.752. The molecule has 0 spiro atoms. The molecule has 1 aliphatic rings. The molecule has 0 unspecified atom stereocenters. The molecule has 0 fully saturated rings. The number of ether oxygens (including phenoxy) is 2. The minimum Gasteiger partial charge on any atom is -0.484 e. The van der Waals surface area contributed by atoms with Crippen molar-refractivity contribution in [2.45, 2.75) is 24.0 Å². The molecule has 1 aromatic rings. The number of hydrogen-bond donors (Lipinski definition) is 0. The smallest absolute Gasteiger partial charge is 0.257 e. The van der Waals surface area contributed by atoms with E-state index in [4.69, 9.17) is 9.47 Å². The number of nitrogens with zero attached hydrogens (tertiary/aromatic N) is 1. The molecular formula is C10H13NO4S. The molecule has 2 rings (SSSR count). The molecule has 88 valence electrons. The van der Waals surface area contributed by atoms with Crippen LogP contribution in [0.15, 0.2) is 17.2 Å². The molecule has 1 aliphatic heterocycles. The van der Waals surface area contributed by atoms with Gasteiger partial charge in [-0.3, -0.25) is 0 Å². The van der Waals surface area contributed by atoms with Crippen molar-refractivity contribution in [1.82, 2.24) is 4.98 Å². The summed E-state index contributed by atoms with van der Waals surface area (Å²) in [5.41, 5.74) is 0. The lowest BCUT2D eigenvalue weighted by atomic mass is 10.4. The molecule has 0 aromatic carbocycles. The zero-order chi connectivity index (χ0) is 11.8. The highest BCUT2D eigenvalue weighted by Crippen LogP contribution is 2.30. The van der Waals surface area contributed by atoms with Crippen LogP contribution in [-0.4, -0.2) is 31.9 Å². The van der Waals surface area contributed by atoms with Crippen molar-refractivity contribution in [1.29, 1.82) is 0 Å². The van der Waals surface area contributed by atoms with E-state index in [0.717, 1.165) is 0 Å². The number of fused-ring (bicyclic) bond motifs is 1. The Morgan fingerprint density at radius 1 is 1.31 bits per heavy atom. The Morgan fingerprint density at radius 2 is 2.00 bits per heavy atom. The van der Waals surface area contributed by atoms with Crippen LogP contribution in [0.2, 0.25) is 0 Å². The first-order valence-electron chi connectivity index (χ1n) is 5.01. The maximum atomic E-state index is 11.9. The standard InChI is InChI=1S/C10H13NO4S/c1-7(2)16(12,13)8-5-9-10(11-6-8)15-4-3-14-9/h5-7H,3-4H2,1-2H3. The third-order valence-corrected chi connectivity index (χ3v) is 4.44. The van der Waals surface area contributed by atoms with Crippen LogP contribution in [0, 0.1) is 0 Å². The average molecular weight is 243 g/mol. The predicted molar refractivity (Wildman–Crippen MR) is 57.5 cm³/mol. The minimum atomic E-state index is -3.31. The van der Waals surface area contributed by atoms with Crippen molar-refractivity contribution in [3.63, 3.8) is 0 Å². The summed E-state index contributed by atoms with van der Waals surface area (Å²) in [4.78, 5) is 4.11. The van der Waals surface area contributed by atoms with E-state index in [2.05, 4.69) is 4.98 Å². The van der Waals surface area contributed by atoms with E-state index in [9.17, 15) is 8.42 Å². The van der Waals surface area contributed by atoms with Crippen LogP contribution in [0.1, 0.15) is 13.8 Å². The van der Waals surface area contributed by atoms with Gasteiger partial charge in [0, 0.05) is 12.3 Å². The van der Waals surface area contributed by atoms with Crippen molar-refractivity contribution >= 4 is 9.84 Å². The predicted octanol–water partition coefficient (Wildman–Crippen LogP) is 1.03. The SMILES string of the molecule is CC(C)S(=O)(=O)c1cnc2c(c1)OCCO2. The normalized spacial score (nSPS) is 15.2. The summed E-state index contributed by atoms with van der Waals surface area (Å²) < 4.78 is 34.3. The van der Waals surface area contributed by atoms with Gasteiger partial charge in [-0.05, 0) is 13.8 Å². The van der Waals surface area contributed by atoms with Crippen molar-refractivity contribution in [3.05, 3.63) is 12.3 Å². The van der Waals surface area contributed by atoms with Gasteiger partial charge in [0.2, 0.25) is 0 Å². The highest BCUT2D eigenvalue weighted by atomic mass is 32.2. The summed E-state index contributed by atoms with van der Waals surface area (Å²) in [6, 6.07) is 1.47. The molecular weight excluding hydrogens is 230 g/mol. The number of rotatable bonds is 2. The van der Waals surface area contributed by atoms with Crippen LogP contribution in [-0.2, 0) is 9.84 Å². The van der Waals surface area contributed by atoms with E-state index in [0.29, 0.717) is 24.8 Å². The molecule has 0 saturated carbocycles. The van der Waals surface area contributed by atoms with Crippen LogP contribution in [0.5, 0.6) is 11.6 Å². The second-order valence-corrected chi connectivity index (χ2v) is 6.27. The summed E-state index contributed by atoms with van der Waals surface area (Å²) in [7, 11) is -3.31. The van der Waals surface area contributed by atoms with Gasteiger partial charge in [0.15, 0.2) is 15.6 Å². The van der Waals surface area contributed by atoms with Crippen LogP contribution >= 0.6 is 0 Å². The second-order valence-electron chi connectivity index (χ2n) is 3.76. The largest absolute Gasteiger partial charge is 0.484 e. The van der Waals surface area contributed by atoms with Crippen molar-refractivity contribution in [2.24, 2.45) is 0 Å². The van der Waals surface area contributed by atoms with Gasteiger partial charge in [-0.1, -0.05) is 0 Å². The fourth-order valence-corrected chi connectivity index (χ4v) is 2.36.